The number of nitrogens with one attached hydrogen (secondary N) is 2. The van der Waals surface area contributed by atoms with Crippen LogP contribution in [0, 0.1) is 12.8 Å². The van der Waals surface area contributed by atoms with Gasteiger partial charge in [0.2, 0.25) is 5.91 Å². The molecule has 1 aliphatic heterocycles. The number of carbonyl (C=O) groups excluding carboxylic acids is 3. The van der Waals surface area contributed by atoms with Crippen LogP contribution in [-0.4, -0.2) is 62.5 Å². The monoisotopic (exact) mass is 376 g/mol. The maximum atomic E-state index is 12.4. The number of ether oxygens (including phenoxy) is 1. The van der Waals surface area contributed by atoms with E-state index in [0.717, 1.165) is 42.1 Å². The van der Waals surface area contributed by atoms with Crippen LogP contribution in [0.5, 0.6) is 0 Å². The molecule has 0 atom stereocenters. The summed E-state index contributed by atoms with van der Waals surface area (Å²) in [5, 5.41) is 2.80. The van der Waals surface area contributed by atoms with Gasteiger partial charge in [-0.15, -0.1) is 0 Å². The van der Waals surface area contributed by atoms with Gasteiger partial charge in [-0.2, -0.15) is 0 Å². The number of likely N-dealkylation sites (N-methyl/N-ethyl adjacent to an activating group) is 1. The van der Waals surface area contributed by atoms with Crippen molar-refractivity contribution in [2.75, 3.05) is 45.2 Å². The first-order chi connectivity index (χ1) is 12.9. The molecule has 1 saturated heterocycles. The SMILES string of the molecule is CCOC(=O)C1CC[NH+](CC(=O)N(C)CC(=O)Nc2ccc(C)cc2)CC1. The number of amides is 2. The van der Waals surface area contributed by atoms with Gasteiger partial charge in [-0.25, -0.2) is 0 Å². The molecule has 7 heteroatoms. The van der Waals surface area contributed by atoms with Crippen LogP contribution in [-0.2, 0) is 19.1 Å². The molecule has 0 aromatic heterocycles. The van der Waals surface area contributed by atoms with Crippen molar-refractivity contribution in [2.24, 2.45) is 5.92 Å². The largest absolute Gasteiger partial charge is 0.466 e. The predicted molar refractivity (Wildman–Crippen MR) is 102 cm³/mol. The minimum absolute atomic E-state index is 0.0193. The van der Waals surface area contributed by atoms with Gasteiger partial charge in [-0.3, -0.25) is 14.4 Å². The van der Waals surface area contributed by atoms with E-state index in [4.69, 9.17) is 4.74 Å². The molecule has 0 aliphatic carbocycles. The molecule has 1 fully saturated rings. The number of anilines is 1. The summed E-state index contributed by atoms with van der Waals surface area (Å²) < 4.78 is 5.07. The second-order valence-corrected chi connectivity index (χ2v) is 7.12. The Balaban J connectivity index is 1.73. The topological polar surface area (TPSA) is 80.2 Å². The molecule has 2 rings (SSSR count). The first kappa shape index (κ1) is 20.9. The molecule has 148 valence electrons. The summed E-state index contributed by atoms with van der Waals surface area (Å²) in [5.41, 5.74) is 1.84. The van der Waals surface area contributed by atoms with Crippen LogP contribution in [0.2, 0.25) is 0 Å². The molecule has 1 aromatic carbocycles. The van der Waals surface area contributed by atoms with Gasteiger partial charge in [0.15, 0.2) is 6.54 Å². The van der Waals surface area contributed by atoms with Crippen LogP contribution >= 0.6 is 0 Å². The maximum Gasteiger partial charge on any atom is 0.309 e. The Bertz CT molecular complexity index is 652. The number of piperidine rings is 1. The molecule has 2 amide bonds. The third kappa shape index (κ3) is 6.67. The van der Waals surface area contributed by atoms with Crippen LogP contribution in [0.1, 0.15) is 25.3 Å². The van der Waals surface area contributed by atoms with E-state index in [9.17, 15) is 14.4 Å². The fourth-order valence-electron chi connectivity index (χ4n) is 3.19. The fraction of sp³-hybridized carbons (Fsp3) is 0.550. The number of carbonyl (C=O) groups is 3. The van der Waals surface area contributed by atoms with E-state index in [1.807, 2.05) is 38.1 Å². The van der Waals surface area contributed by atoms with E-state index in [2.05, 4.69) is 5.32 Å². The number of nitrogens with zero attached hydrogens (tertiary/aromatic N) is 1. The van der Waals surface area contributed by atoms with Crippen molar-refractivity contribution in [1.29, 1.82) is 0 Å². The summed E-state index contributed by atoms with van der Waals surface area (Å²) in [6.07, 6.45) is 1.47. The van der Waals surface area contributed by atoms with Crippen molar-refractivity contribution < 1.29 is 24.0 Å². The first-order valence-corrected chi connectivity index (χ1v) is 9.49. The Morgan fingerprint density at radius 2 is 1.81 bits per heavy atom. The summed E-state index contributed by atoms with van der Waals surface area (Å²) in [4.78, 5) is 38.9. The van der Waals surface area contributed by atoms with Crippen molar-refractivity contribution in [3.05, 3.63) is 29.8 Å². The molecule has 0 unspecified atom stereocenters. The Kier molecular flexibility index (Phi) is 7.79. The van der Waals surface area contributed by atoms with Crippen molar-refractivity contribution >= 4 is 23.5 Å². The van der Waals surface area contributed by atoms with Gasteiger partial charge in [0.05, 0.1) is 32.2 Å². The normalized spacial score (nSPS) is 19.2. The lowest BCUT2D eigenvalue weighted by Crippen LogP contribution is -3.14. The van der Waals surface area contributed by atoms with Gasteiger partial charge in [-0.1, -0.05) is 17.7 Å². The second kappa shape index (κ2) is 10.1. The maximum absolute atomic E-state index is 12.4. The number of esters is 1. The summed E-state index contributed by atoms with van der Waals surface area (Å²) in [6.45, 7) is 6.07. The number of rotatable bonds is 7. The molecular formula is C20H30N3O4+. The van der Waals surface area contributed by atoms with E-state index in [0.29, 0.717) is 13.2 Å². The molecule has 2 N–H and O–H groups in total. The van der Waals surface area contributed by atoms with Gasteiger partial charge >= 0.3 is 5.97 Å². The molecule has 0 saturated carbocycles. The molecule has 1 heterocycles. The molecule has 1 aromatic rings. The quantitative estimate of drug-likeness (QED) is 0.669. The summed E-state index contributed by atoms with van der Waals surface area (Å²) in [7, 11) is 1.64. The van der Waals surface area contributed by atoms with Crippen LogP contribution in [0.4, 0.5) is 5.69 Å². The van der Waals surface area contributed by atoms with Crippen molar-refractivity contribution in [3.63, 3.8) is 0 Å². The number of quaternary nitrogens is 1. The minimum Gasteiger partial charge on any atom is -0.466 e. The lowest BCUT2D eigenvalue weighted by Gasteiger charge is -2.28. The summed E-state index contributed by atoms with van der Waals surface area (Å²) in [6, 6.07) is 7.53. The van der Waals surface area contributed by atoms with E-state index in [1.54, 1.807) is 7.05 Å². The van der Waals surface area contributed by atoms with Gasteiger partial charge in [0.25, 0.3) is 5.91 Å². The average Bonchev–Trinajstić information content (AvgIpc) is 2.64. The lowest BCUT2D eigenvalue weighted by atomic mass is 9.97. The highest BCUT2D eigenvalue weighted by Gasteiger charge is 2.30. The van der Waals surface area contributed by atoms with Crippen molar-refractivity contribution in [1.82, 2.24) is 4.90 Å². The Hall–Kier alpha value is -2.41. The molecule has 0 bridgehead atoms. The zero-order chi connectivity index (χ0) is 19.8. The lowest BCUT2D eigenvalue weighted by molar-refractivity contribution is -0.898. The van der Waals surface area contributed by atoms with Gasteiger partial charge in [0.1, 0.15) is 0 Å². The van der Waals surface area contributed by atoms with Crippen LogP contribution in [0.15, 0.2) is 24.3 Å². The standard InChI is InChI=1S/C20H29N3O4/c1-4-27-20(26)16-9-11-23(12-10-16)14-19(25)22(3)13-18(24)21-17-7-5-15(2)6-8-17/h5-8,16H,4,9-14H2,1-3H3,(H,21,24)/p+1. The molecule has 1 aliphatic rings. The highest BCUT2D eigenvalue weighted by atomic mass is 16.5. The van der Waals surface area contributed by atoms with Crippen molar-refractivity contribution in [3.8, 4) is 0 Å². The number of hydrogen-bond donors (Lipinski definition) is 2. The fourth-order valence-corrected chi connectivity index (χ4v) is 3.19. The Labute approximate surface area is 160 Å². The number of likely N-dealkylation sites (tertiary alicyclic amines) is 1. The highest BCUT2D eigenvalue weighted by molar-refractivity contribution is 5.94. The smallest absolute Gasteiger partial charge is 0.309 e. The van der Waals surface area contributed by atoms with E-state index < -0.39 is 0 Å². The summed E-state index contributed by atoms with van der Waals surface area (Å²) >= 11 is 0. The Morgan fingerprint density at radius 3 is 2.41 bits per heavy atom. The van der Waals surface area contributed by atoms with Crippen LogP contribution < -0.4 is 10.2 Å². The zero-order valence-electron chi connectivity index (χ0n) is 16.4. The predicted octanol–water partition coefficient (Wildman–Crippen LogP) is 0.250. The molecule has 0 radical (unpaired) electrons. The minimum atomic E-state index is -0.217. The van der Waals surface area contributed by atoms with Gasteiger partial charge in [0, 0.05) is 25.6 Å². The molecule has 7 nitrogen and oxygen atoms in total. The average molecular weight is 376 g/mol. The molecule has 27 heavy (non-hydrogen) atoms. The van der Waals surface area contributed by atoms with Gasteiger partial charge in [-0.05, 0) is 26.0 Å². The third-order valence-electron chi connectivity index (χ3n) is 4.86. The number of hydrogen-bond acceptors (Lipinski definition) is 4. The van der Waals surface area contributed by atoms with E-state index >= 15 is 0 Å². The van der Waals surface area contributed by atoms with Crippen LogP contribution in [0.3, 0.4) is 0 Å². The van der Waals surface area contributed by atoms with E-state index in [-0.39, 0.29) is 30.2 Å². The third-order valence-corrected chi connectivity index (χ3v) is 4.86. The van der Waals surface area contributed by atoms with Crippen LogP contribution in [0.25, 0.3) is 0 Å². The first-order valence-electron chi connectivity index (χ1n) is 9.49. The molecule has 0 spiro atoms. The van der Waals surface area contributed by atoms with Crippen molar-refractivity contribution in [2.45, 2.75) is 26.7 Å². The molecular weight excluding hydrogens is 346 g/mol. The zero-order valence-corrected chi connectivity index (χ0v) is 16.4. The number of aryl methyl sites for hydroxylation is 1. The number of benzene rings is 1. The highest BCUT2D eigenvalue weighted by Crippen LogP contribution is 2.11. The van der Waals surface area contributed by atoms with E-state index in [1.165, 1.54) is 4.90 Å². The van der Waals surface area contributed by atoms with Gasteiger partial charge < -0.3 is 19.9 Å². The Morgan fingerprint density at radius 1 is 1.19 bits per heavy atom. The summed E-state index contributed by atoms with van der Waals surface area (Å²) in [5.74, 6) is -0.473. The second-order valence-electron chi connectivity index (χ2n) is 7.12.